The number of aryl methyl sites for hydroxylation is 2. The minimum absolute atomic E-state index is 0. The molecule has 1 aliphatic rings. The third-order valence-electron chi connectivity index (χ3n) is 4.37. The van der Waals surface area contributed by atoms with Crippen molar-refractivity contribution in [2.45, 2.75) is 59.5 Å². The molecule has 7 nitrogen and oxygen atoms in total. The maximum atomic E-state index is 12.2. The summed E-state index contributed by atoms with van der Waals surface area (Å²) in [6, 6.07) is 0.241. The maximum Gasteiger partial charge on any atom is 0.214 e. The molecule has 0 aliphatic carbocycles. The Kier molecular flexibility index (Phi) is 10.5. The summed E-state index contributed by atoms with van der Waals surface area (Å²) in [6.45, 7) is 10.5. The number of piperidine rings is 1. The number of sulfonamides is 1. The van der Waals surface area contributed by atoms with Crippen molar-refractivity contribution in [1.82, 2.24) is 19.9 Å². The summed E-state index contributed by atoms with van der Waals surface area (Å²) in [4.78, 5) is 10.3. The van der Waals surface area contributed by atoms with Gasteiger partial charge in [-0.3, -0.25) is 0 Å². The summed E-state index contributed by atoms with van der Waals surface area (Å²) >= 11 is 1.68. The molecule has 0 bridgehead atoms. The van der Waals surface area contributed by atoms with Crippen LogP contribution in [0.5, 0.6) is 0 Å². The molecule has 1 saturated heterocycles. The van der Waals surface area contributed by atoms with Gasteiger partial charge in [-0.25, -0.2) is 22.7 Å². The van der Waals surface area contributed by atoms with Crippen molar-refractivity contribution in [2.75, 3.05) is 25.4 Å². The highest BCUT2D eigenvalue weighted by Gasteiger charge is 2.27. The molecule has 0 saturated carbocycles. The predicted octanol–water partition coefficient (Wildman–Crippen LogP) is 2.64. The van der Waals surface area contributed by atoms with Crippen LogP contribution < -0.4 is 10.6 Å². The van der Waals surface area contributed by atoms with Crippen LogP contribution in [0.2, 0.25) is 0 Å². The first-order valence-electron chi connectivity index (χ1n) is 9.31. The average Bonchev–Trinajstić information content (AvgIpc) is 2.91. The van der Waals surface area contributed by atoms with Gasteiger partial charge in [-0.05, 0) is 40.0 Å². The first kappa shape index (κ1) is 24.6. The van der Waals surface area contributed by atoms with Gasteiger partial charge in [0.2, 0.25) is 10.0 Å². The van der Waals surface area contributed by atoms with Gasteiger partial charge >= 0.3 is 0 Å². The molecular formula is C17H32IN5O2S2. The van der Waals surface area contributed by atoms with Gasteiger partial charge in [-0.15, -0.1) is 35.3 Å². The topological polar surface area (TPSA) is 86.7 Å². The molecule has 0 atom stereocenters. The molecule has 1 aromatic heterocycles. The van der Waals surface area contributed by atoms with E-state index < -0.39 is 10.0 Å². The number of halogens is 1. The van der Waals surface area contributed by atoms with Crippen LogP contribution in [0.15, 0.2) is 4.99 Å². The van der Waals surface area contributed by atoms with Crippen molar-refractivity contribution < 1.29 is 8.42 Å². The molecule has 0 spiro atoms. The molecule has 1 aliphatic heterocycles. The third-order valence-corrected chi connectivity index (χ3v) is 7.51. The van der Waals surface area contributed by atoms with Gasteiger partial charge < -0.3 is 10.6 Å². The number of nitrogens with one attached hydrogen (secondary N) is 2. The largest absolute Gasteiger partial charge is 0.357 e. The summed E-state index contributed by atoms with van der Waals surface area (Å²) in [5.74, 6) is 1.02. The van der Waals surface area contributed by atoms with E-state index in [2.05, 4.69) is 20.6 Å². The zero-order chi connectivity index (χ0) is 19.2. The Morgan fingerprint density at radius 3 is 2.48 bits per heavy atom. The smallest absolute Gasteiger partial charge is 0.214 e. The number of hydrogen-bond acceptors (Lipinski definition) is 5. The quantitative estimate of drug-likeness (QED) is 0.322. The van der Waals surface area contributed by atoms with E-state index in [1.54, 1.807) is 15.6 Å². The van der Waals surface area contributed by atoms with Crippen molar-refractivity contribution in [2.24, 2.45) is 4.99 Å². The number of aliphatic imine (C=N–C) groups is 1. The lowest BCUT2D eigenvalue weighted by Gasteiger charge is -2.32. The SMILES string of the molecule is CCCS(=O)(=O)N1CCC(NC(=NCc2sc(C)nc2C)NCC)CC1.I. The van der Waals surface area contributed by atoms with Crippen LogP contribution in [0.25, 0.3) is 0 Å². The van der Waals surface area contributed by atoms with Gasteiger partial charge in [0.15, 0.2) is 5.96 Å². The standard InChI is InChI=1S/C17H31N5O2S2.HI/c1-5-11-26(23,24)22-9-7-15(8-10-22)21-17(18-6-2)19-12-16-13(3)20-14(4)25-16;/h15H,5-12H2,1-4H3,(H2,18,19,21);1H. The summed E-state index contributed by atoms with van der Waals surface area (Å²) < 4.78 is 26.0. The summed E-state index contributed by atoms with van der Waals surface area (Å²) in [5, 5.41) is 7.80. The van der Waals surface area contributed by atoms with Gasteiger partial charge in [0.1, 0.15) is 0 Å². The molecule has 2 rings (SSSR count). The van der Waals surface area contributed by atoms with Crippen molar-refractivity contribution >= 4 is 51.3 Å². The molecule has 2 N–H and O–H groups in total. The van der Waals surface area contributed by atoms with Gasteiger partial charge in [-0.1, -0.05) is 6.92 Å². The van der Waals surface area contributed by atoms with E-state index in [1.807, 2.05) is 27.7 Å². The average molecular weight is 530 g/mol. The molecular weight excluding hydrogens is 497 g/mol. The molecule has 156 valence electrons. The van der Waals surface area contributed by atoms with E-state index in [9.17, 15) is 8.42 Å². The highest BCUT2D eigenvalue weighted by Crippen LogP contribution is 2.18. The van der Waals surface area contributed by atoms with Crippen molar-refractivity contribution in [3.63, 3.8) is 0 Å². The number of guanidine groups is 1. The van der Waals surface area contributed by atoms with Gasteiger partial charge in [0.25, 0.3) is 0 Å². The zero-order valence-electron chi connectivity index (χ0n) is 16.6. The van der Waals surface area contributed by atoms with E-state index >= 15 is 0 Å². The molecule has 1 fully saturated rings. The Labute approximate surface area is 184 Å². The zero-order valence-corrected chi connectivity index (χ0v) is 20.6. The maximum absolute atomic E-state index is 12.2. The lowest BCUT2D eigenvalue weighted by atomic mass is 10.1. The fourth-order valence-electron chi connectivity index (χ4n) is 3.05. The Morgan fingerprint density at radius 1 is 1.30 bits per heavy atom. The van der Waals surface area contributed by atoms with Crippen LogP contribution >= 0.6 is 35.3 Å². The number of nitrogens with zero attached hydrogens (tertiary/aromatic N) is 3. The second kappa shape index (κ2) is 11.5. The Balaban J connectivity index is 0.00000364. The predicted molar refractivity (Wildman–Crippen MR) is 124 cm³/mol. The molecule has 2 heterocycles. The molecule has 0 radical (unpaired) electrons. The lowest BCUT2D eigenvalue weighted by Crippen LogP contribution is -2.50. The summed E-state index contributed by atoms with van der Waals surface area (Å²) in [6.07, 6.45) is 2.26. The summed E-state index contributed by atoms with van der Waals surface area (Å²) in [5.41, 5.74) is 1.04. The minimum Gasteiger partial charge on any atom is -0.357 e. The van der Waals surface area contributed by atoms with Crippen molar-refractivity contribution in [3.05, 3.63) is 15.6 Å². The van der Waals surface area contributed by atoms with E-state index in [0.29, 0.717) is 26.1 Å². The monoisotopic (exact) mass is 529 g/mol. The third kappa shape index (κ3) is 7.47. The van der Waals surface area contributed by atoms with E-state index in [1.165, 1.54) is 4.88 Å². The fraction of sp³-hybridized carbons (Fsp3) is 0.765. The van der Waals surface area contributed by atoms with Crippen LogP contribution in [0.1, 0.15) is 48.7 Å². The number of hydrogen-bond donors (Lipinski definition) is 2. The van der Waals surface area contributed by atoms with E-state index in [-0.39, 0.29) is 35.8 Å². The molecule has 0 amide bonds. The van der Waals surface area contributed by atoms with Crippen molar-refractivity contribution in [3.8, 4) is 0 Å². The minimum atomic E-state index is -3.09. The summed E-state index contributed by atoms with van der Waals surface area (Å²) in [7, 11) is -3.09. The molecule has 27 heavy (non-hydrogen) atoms. The van der Waals surface area contributed by atoms with Gasteiger partial charge in [0.05, 0.1) is 23.0 Å². The van der Waals surface area contributed by atoms with Crippen LogP contribution in [0, 0.1) is 13.8 Å². The normalized spacial score (nSPS) is 16.8. The Hall–Kier alpha value is -0.460. The van der Waals surface area contributed by atoms with Crippen molar-refractivity contribution in [1.29, 1.82) is 0 Å². The highest BCUT2D eigenvalue weighted by atomic mass is 127. The van der Waals surface area contributed by atoms with Crippen LogP contribution in [-0.2, 0) is 16.6 Å². The number of aromatic nitrogens is 1. The molecule has 0 aromatic carbocycles. The highest BCUT2D eigenvalue weighted by molar-refractivity contribution is 14.0. The van der Waals surface area contributed by atoms with Crippen LogP contribution in [0.4, 0.5) is 0 Å². The van der Waals surface area contributed by atoms with Crippen LogP contribution in [0.3, 0.4) is 0 Å². The van der Waals surface area contributed by atoms with E-state index in [4.69, 9.17) is 0 Å². The Bertz CT molecular complexity index is 713. The first-order chi connectivity index (χ1) is 12.4. The number of thiazole rings is 1. The van der Waals surface area contributed by atoms with Gasteiger partial charge in [-0.2, -0.15) is 0 Å². The van der Waals surface area contributed by atoms with E-state index in [0.717, 1.165) is 36.0 Å². The van der Waals surface area contributed by atoms with Gasteiger partial charge in [0, 0.05) is 30.6 Å². The molecule has 1 aromatic rings. The van der Waals surface area contributed by atoms with Crippen LogP contribution in [-0.4, -0.2) is 55.1 Å². The second-order valence-electron chi connectivity index (χ2n) is 6.57. The molecule has 0 unspecified atom stereocenters. The first-order valence-corrected chi connectivity index (χ1v) is 11.7. The fourth-order valence-corrected chi connectivity index (χ4v) is 5.45. The Morgan fingerprint density at radius 2 is 1.96 bits per heavy atom. The lowest BCUT2D eigenvalue weighted by molar-refractivity contribution is 0.306. The molecule has 10 heteroatoms. The number of rotatable bonds is 7. The second-order valence-corrected chi connectivity index (χ2v) is 9.95.